The van der Waals surface area contributed by atoms with Crippen LogP contribution in [0.25, 0.3) is 11.1 Å². The Kier molecular flexibility index (Phi) is 7.69. The number of β-amino-alcohol motifs (C(OH)–C–C–N with tert-alkyl or cyclic N) is 1. The number of aliphatic hydroxyl groups excluding tert-OH is 1. The van der Waals surface area contributed by atoms with E-state index in [-0.39, 0.29) is 18.1 Å². The normalized spacial score (nSPS) is 15.2. The van der Waals surface area contributed by atoms with Crippen molar-refractivity contribution >= 4 is 0 Å². The maximum atomic E-state index is 11.1. The fraction of sp³-hybridized carbons (Fsp3) is 0.360. The van der Waals surface area contributed by atoms with E-state index in [1.165, 1.54) is 0 Å². The van der Waals surface area contributed by atoms with Crippen LogP contribution in [0.15, 0.2) is 55.6 Å². The molecule has 1 fully saturated rings. The number of aliphatic hydroxyl groups is 1. The Balaban J connectivity index is 1.92. The number of benzene rings is 2. The Morgan fingerprint density at radius 2 is 1.47 bits per heavy atom. The number of phenolic OH excluding ortho intramolecular Hbond substituents is 2. The first-order valence-corrected chi connectivity index (χ1v) is 10.5. The Hall–Kier alpha value is -2.60. The maximum Gasteiger partial charge on any atom is 0.128 e. The molecule has 1 aliphatic rings. The van der Waals surface area contributed by atoms with Crippen LogP contribution in [0, 0.1) is 0 Å². The van der Waals surface area contributed by atoms with Crippen LogP contribution in [0.2, 0.25) is 0 Å². The molecule has 0 amide bonds. The minimum absolute atomic E-state index is 0.150. The fourth-order valence-corrected chi connectivity index (χ4v) is 4.02. The lowest BCUT2D eigenvalue weighted by atomic mass is 9.94. The van der Waals surface area contributed by atoms with Gasteiger partial charge in [-0.05, 0) is 42.2 Å². The molecule has 2 aromatic rings. The van der Waals surface area contributed by atoms with Gasteiger partial charge in [0.05, 0.1) is 6.61 Å². The predicted molar refractivity (Wildman–Crippen MR) is 122 cm³/mol. The van der Waals surface area contributed by atoms with Crippen molar-refractivity contribution in [2.45, 2.75) is 19.4 Å². The quantitative estimate of drug-likeness (QED) is 0.556. The first-order chi connectivity index (χ1) is 14.5. The lowest BCUT2D eigenvalue weighted by Gasteiger charge is -2.34. The highest BCUT2D eigenvalue weighted by Gasteiger charge is 2.20. The molecule has 1 heterocycles. The minimum atomic E-state index is 0.150. The van der Waals surface area contributed by atoms with Crippen LogP contribution in [-0.2, 0) is 19.4 Å². The Morgan fingerprint density at radius 1 is 0.833 bits per heavy atom. The fourth-order valence-electron chi connectivity index (χ4n) is 4.02. The second-order valence-electron chi connectivity index (χ2n) is 7.83. The summed E-state index contributed by atoms with van der Waals surface area (Å²) in [6, 6.07) is 9.44. The van der Waals surface area contributed by atoms with Gasteiger partial charge in [0.15, 0.2) is 0 Å². The second-order valence-corrected chi connectivity index (χ2v) is 7.83. The molecule has 0 unspecified atom stereocenters. The van der Waals surface area contributed by atoms with Gasteiger partial charge in [0.2, 0.25) is 0 Å². The van der Waals surface area contributed by atoms with Crippen molar-refractivity contribution < 1.29 is 15.3 Å². The average Bonchev–Trinajstić information content (AvgIpc) is 2.74. The summed E-state index contributed by atoms with van der Waals surface area (Å²) in [4.78, 5) is 4.57. The van der Waals surface area contributed by atoms with Crippen molar-refractivity contribution in [2.75, 3.05) is 39.3 Å². The molecule has 1 aliphatic heterocycles. The molecule has 0 saturated carbocycles. The van der Waals surface area contributed by atoms with Gasteiger partial charge in [-0.3, -0.25) is 9.80 Å². The van der Waals surface area contributed by atoms with Crippen LogP contribution >= 0.6 is 0 Å². The molecule has 3 rings (SSSR count). The zero-order valence-electron chi connectivity index (χ0n) is 17.6. The van der Waals surface area contributed by atoms with Gasteiger partial charge in [-0.15, -0.1) is 13.2 Å². The lowest BCUT2D eigenvalue weighted by Crippen LogP contribution is -2.46. The van der Waals surface area contributed by atoms with Crippen LogP contribution in [0.5, 0.6) is 11.5 Å². The summed E-state index contributed by atoms with van der Waals surface area (Å²) in [5.41, 5.74) is 4.22. The molecule has 3 N–H and O–H groups in total. The molecule has 0 aromatic heterocycles. The highest BCUT2D eigenvalue weighted by Crippen LogP contribution is 2.39. The first-order valence-electron chi connectivity index (χ1n) is 10.5. The number of piperazine rings is 1. The number of hydrogen-bond acceptors (Lipinski definition) is 5. The van der Waals surface area contributed by atoms with Crippen LogP contribution in [0.3, 0.4) is 0 Å². The van der Waals surface area contributed by atoms with Crippen molar-refractivity contribution in [2.24, 2.45) is 0 Å². The molecule has 5 nitrogen and oxygen atoms in total. The summed E-state index contributed by atoms with van der Waals surface area (Å²) in [6.07, 6.45) is 5.07. The molecule has 5 heteroatoms. The third-order valence-electron chi connectivity index (χ3n) is 5.63. The van der Waals surface area contributed by atoms with Crippen LogP contribution in [-0.4, -0.2) is 64.5 Å². The van der Waals surface area contributed by atoms with E-state index in [0.717, 1.165) is 42.9 Å². The van der Waals surface area contributed by atoms with Gasteiger partial charge in [-0.2, -0.15) is 0 Å². The standard InChI is InChI=1S/C25H32N2O3/c1-3-5-19-7-8-24(29)22(16-19)23-17-20(6-4-2)15-21(25(23)30)18-27-11-9-26(10-12-27)13-14-28/h3-4,7-8,15-17,28-30H,1-2,5-6,9-14,18H2. The molecule has 0 atom stereocenters. The molecule has 0 radical (unpaired) electrons. The number of phenols is 2. The van der Waals surface area contributed by atoms with Crippen LogP contribution in [0.1, 0.15) is 16.7 Å². The molecule has 0 spiro atoms. The van der Waals surface area contributed by atoms with Gasteiger partial charge in [-0.25, -0.2) is 0 Å². The molecule has 30 heavy (non-hydrogen) atoms. The number of aromatic hydroxyl groups is 2. The Bertz CT molecular complexity index is 886. The van der Waals surface area contributed by atoms with Crippen molar-refractivity contribution in [1.82, 2.24) is 9.80 Å². The number of rotatable bonds is 9. The first kappa shape index (κ1) is 22.1. The van der Waals surface area contributed by atoms with Crippen molar-refractivity contribution in [3.63, 3.8) is 0 Å². The van der Waals surface area contributed by atoms with Gasteiger partial charge >= 0.3 is 0 Å². The largest absolute Gasteiger partial charge is 0.507 e. The van der Waals surface area contributed by atoms with Gasteiger partial charge in [0.1, 0.15) is 11.5 Å². The summed E-state index contributed by atoms with van der Waals surface area (Å²) >= 11 is 0. The molecule has 2 aromatic carbocycles. The molecular weight excluding hydrogens is 376 g/mol. The monoisotopic (exact) mass is 408 g/mol. The van der Waals surface area contributed by atoms with Gasteiger partial charge in [0.25, 0.3) is 0 Å². The van der Waals surface area contributed by atoms with E-state index in [0.29, 0.717) is 37.1 Å². The van der Waals surface area contributed by atoms with E-state index in [9.17, 15) is 10.2 Å². The highest BCUT2D eigenvalue weighted by atomic mass is 16.3. The number of hydrogen-bond donors (Lipinski definition) is 3. The SMILES string of the molecule is C=CCc1ccc(O)c(-c2cc(CC=C)cc(CN3CCN(CCO)CC3)c2O)c1. The molecule has 0 bridgehead atoms. The summed E-state index contributed by atoms with van der Waals surface area (Å²) < 4.78 is 0. The third-order valence-corrected chi connectivity index (χ3v) is 5.63. The van der Waals surface area contributed by atoms with E-state index in [4.69, 9.17) is 5.11 Å². The summed E-state index contributed by atoms with van der Waals surface area (Å²) in [6.45, 7) is 12.8. The minimum Gasteiger partial charge on any atom is -0.507 e. The van der Waals surface area contributed by atoms with Crippen molar-refractivity contribution in [3.05, 3.63) is 72.3 Å². The van der Waals surface area contributed by atoms with Crippen LogP contribution < -0.4 is 0 Å². The Morgan fingerprint density at radius 3 is 2.13 bits per heavy atom. The van der Waals surface area contributed by atoms with E-state index < -0.39 is 0 Å². The lowest BCUT2D eigenvalue weighted by molar-refractivity contribution is 0.108. The van der Waals surface area contributed by atoms with Gasteiger partial charge in [-0.1, -0.05) is 24.3 Å². The van der Waals surface area contributed by atoms with E-state index >= 15 is 0 Å². The third kappa shape index (κ3) is 5.30. The smallest absolute Gasteiger partial charge is 0.128 e. The number of allylic oxidation sites excluding steroid dienone is 2. The zero-order valence-corrected chi connectivity index (χ0v) is 17.6. The van der Waals surface area contributed by atoms with Gasteiger partial charge < -0.3 is 15.3 Å². The summed E-state index contributed by atoms with van der Waals surface area (Å²) in [5.74, 6) is 0.365. The maximum absolute atomic E-state index is 11.1. The summed E-state index contributed by atoms with van der Waals surface area (Å²) in [5, 5.41) is 30.7. The van der Waals surface area contributed by atoms with Crippen LogP contribution in [0.4, 0.5) is 0 Å². The Labute approximate surface area is 179 Å². The van der Waals surface area contributed by atoms with E-state index in [2.05, 4.69) is 23.0 Å². The molecule has 160 valence electrons. The zero-order chi connectivity index (χ0) is 21.5. The second kappa shape index (κ2) is 10.4. The average molecular weight is 409 g/mol. The highest BCUT2D eigenvalue weighted by molar-refractivity contribution is 5.78. The summed E-state index contributed by atoms with van der Waals surface area (Å²) in [7, 11) is 0. The topological polar surface area (TPSA) is 67.2 Å². The predicted octanol–water partition coefficient (Wildman–Crippen LogP) is 3.33. The van der Waals surface area contributed by atoms with Crippen molar-refractivity contribution in [1.29, 1.82) is 0 Å². The van der Waals surface area contributed by atoms with Crippen molar-refractivity contribution in [3.8, 4) is 22.6 Å². The van der Waals surface area contributed by atoms with E-state index in [1.54, 1.807) is 6.07 Å². The molecular formula is C25H32N2O3. The van der Waals surface area contributed by atoms with E-state index in [1.807, 2.05) is 36.4 Å². The molecule has 0 aliphatic carbocycles. The number of nitrogens with zero attached hydrogens (tertiary/aromatic N) is 2. The molecule has 1 saturated heterocycles. The van der Waals surface area contributed by atoms with Gasteiger partial charge in [0, 0.05) is 56.0 Å².